The molecule has 3 aliphatic rings. The zero-order valence-electron chi connectivity index (χ0n) is 23.0. The van der Waals surface area contributed by atoms with E-state index < -0.39 is 5.60 Å². The Morgan fingerprint density at radius 2 is 1.92 bits per heavy atom. The lowest BCUT2D eigenvalue weighted by atomic mass is 10.00. The minimum Gasteiger partial charge on any atom is -0.444 e. The zero-order valence-corrected chi connectivity index (χ0v) is 23.0. The van der Waals surface area contributed by atoms with E-state index in [9.17, 15) is 4.79 Å². The third kappa shape index (κ3) is 6.33. The number of ether oxygens (including phenoxy) is 1. The molecule has 6 nitrogen and oxygen atoms in total. The topological polar surface area (TPSA) is 48.0 Å². The van der Waals surface area contributed by atoms with Gasteiger partial charge in [0.25, 0.3) is 0 Å². The SMILES string of the molecule is C=C1CCC(N2C(=C)N(C)c3c(C#CCCCCCN(C(=O)OC(C)(C)C)C4CC4)cccc32)C(=C)N1. The second-order valence-electron chi connectivity index (χ2n) is 11.3. The van der Waals surface area contributed by atoms with Gasteiger partial charge in [-0.3, -0.25) is 0 Å². The van der Waals surface area contributed by atoms with Crippen LogP contribution in [0.15, 0.2) is 55.2 Å². The highest BCUT2D eigenvalue weighted by molar-refractivity contribution is 5.87. The second kappa shape index (κ2) is 11.0. The molecule has 6 heteroatoms. The Bertz CT molecular complexity index is 1130. The number of piperidine rings is 1. The largest absolute Gasteiger partial charge is 0.444 e. The van der Waals surface area contributed by atoms with Crippen molar-refractivity contribution in [2.75, 3.05) is 23.4 Å². The minimum absolute atomic E-state index is 0.140. The number of hydrogen-bond donors (Lipinski definition) is 1. The number of rotatable bonds is 7. The van der Waals surface area contributed by atoms with Crippen LogP contribution in [0.3, 0.4) is 0 Å². The molecule has 4 rings (SSSR count). The maximum Gasteiger partial charge on any atom is 0.410 e. The van der Waals surface area contributed by atoms with Gasteiger partial charge < -0.3 is 24.8 Å². The lowest BCUT2D eigenvalue weighted by Gasteiger charge is -2.36. The average molecular weight is 503 g/mol. The standard InChI is InChI=1S/C31H42N4O2/c1-22-17-20-27(23(2)32-22)35-24(3)33(7)29-25(15-13-16-28(29)35)14-11-9-8-10-12-21-34(26-18-19-26)30(36)37-31(4,5)6/h13,15-16,26-27,32H,1-3,8-10,12,17-21H2,4-7H3. The van der Waals surface area contributed by atoms with Crippen LogP contribution in [0.4, 0.5) is 16.2 Å². The molecule has 1 aromatic carbocycles. The summed E-state index contributed by atoms with van der Waals surface area (Å²) in [7, 11) is 2.06. The van der Waals surface area contributed by atoms with Crippen molar-refractivity contribution in [3.05, 3.63) is 60.7 Å². The molecule has 198 valence electrons. The highest BCUT2D eigenvalue weighted by Gasteiger charge is 2.37. The fourth-order valence-corrected chi connectivity index (χ4v) is 5.06. The normalized spacial score (nSPS) is 19.2. The average Bonchev–Trinajstić information content (AvgIpc) is 3.62. The fraction of sp³-hybridized carbons (Fsp3) is 0.516. The molecule has 0 aromatic heterocycles. The summed E-state index contributed by atoms with van der Waals surface area (Å²) in [5, 5.41) is 3.33. The van der Waals surface area contributed by atoms with E-state index in [1.54, 1.807) is 0 Å². The van der Waals surface area contributed by atoms with E-state index in [4.69, 9.17) is 4.74 Å². The summed E-state index contributed by atoms with van der Waals surface area (Å²) in [6.45, 7) is 19.2. The lowest BCUT2D eigenvalue weighted by Crippen LogP contribution is -2.42. The molecule has 2 aliphatic heterocycles. The quantitative estimate of drug-likeness (QED) is 0.340. The van der Waals surface area contributed by atoms with Crippen LogP contribution < -0.4 is 15.1 Å². The van der Waals surface area contributed by atoms with E-state index in [1.807, 2.05) is 25.7 Å². The van der Waals surface area contributed by atoms with Gasteiger partial charge in [-0.1, -0.05) is 44.1 Å². The molecule has 1 saturated carbocycles. The number of para-hydroxylation sites is 1. The summed E-state index contributed by atoms with van der Waals surface area (Å²) in [5.41, 5.74) is 4.78. The van der Waals surface area contributed by atoms with Crippen molar-refractivity contribution >= 4 is 17.5 Å². The number of carbonyl (C=O) groups is 1. The van der Waals surface area contributed by atoms with Crippen LogP contribution in [0, 0.1) is 11.8 Å². The molecular formula is C31H42N4O2. The van der Waals surface area contributed by atoms with Crippen molar-refractivity contribution in [3.8, 4) is 11.8 Å². The summed E-state index contributed by atoms with van der Waals surface area (Å²) >= 11 is 0. The van der Waals surface area contributed by atoms with Crippen molar-refractivity contribution in [1.82, 2.24) is 10.2 Å². The van der Waals surface area contributed by atoms with Gasteiger partial charge in [-0.15, -0.1) is 0 Å². The van der Waals surface area contributed by atoms with Crippen molar-refractivity contribution in [2.45, 2.75) is 89.8 Å². The second-order valence-corrected chi connectivity index (χ2v) is 11.3. The molecule has 2 heterocycles. The van der Waals surface area contributed by atoms with Gasteiger partial charge in [-0.05, 0) is 71.4 Å². The lowest BCUT2D eigenvalue weighted by molar-refractivity contribution is 0.0230. The molecule has 1 saturated heterocycles. The predicted molar refractivity (Wildman–Crippen MR) is 152 cm³/mol. The van der Waals surface area contributed by atoms with E-state index in [0.717, 1.165) is 92.1 Å². The number of fused-ring (bicyclic) bond motifs is 1. The van der Waals surface area contributed by atoms with E-state index in [2.05, 4.69) is 71.9 Å². The monoisotopic (exact) mass is 502 g/mol. The number of allylic oxidation sites excluding steroid dienone is 1. The van der Waals surface area contributed by atoms with E-state index in [0.29, 0.717) is 6.04 Å². The summed E-state index contributed by atoms with van der Waals surface area (Å²) < 4.78 is 5.59. The summed E-state index contributed by atoms with van der Waals surface area (Å²) in [6, 6.07) is 6.80. The van der Waals surface area contributed by atoms with Crippen LogP contribution in [-0.4, -0.2) is 42.3 Å². The van der Waals surface area contributed by atoms with Gasteiger partial charge in [0, 0.05) is 37.4 Å². The van der Waals surface area contributed by atoms with Crippen molar-refractivity contribution < 1.29 is 9.53 Å². The van der Waals surface area contributed by atoms with Gasteiger partial charge in [0.05, 0.1) is 23.0 Å². The van der Waals surface area contributed by atoms with Gasteiger partial charge in [0.15, 0.2) is 0 Å². The van der Waals surface area contributed by atoms with Gasteiger partial charge in [0.1, 0.15) is 11.4 Å². The van der Waals surface area contributed by atoms with Gasteiger partial charge in [0.2, 0.25) is 0 Å². The number of hydrogen-bond acceptors (Lipinski definition) is 5. The van der Waals surface area contributed by atoms with Gasteiger partial charge >= 0.3 is 6.09 Å². The Kier molecular flexibility index (Phi) is 7.92. The van der Waals surface area contributed by atoms with Gasteiger partial charge in [-0.2, -0.15) is 0 Å². The highest BCUT2D eigenvalue weighted by atomic mass is 16.6. The first-order chi connectivity index (χ1) is 17.6. The number of carbonyl (C=O) groups excluding carboxylic acids is 1. The molecule has 1 aromatic rings. The van der Waals surface area contributed by atoms with Gasteiger partial charge in [-0.25, -0.2) is 4.79 Å². The number of nitrogens with one attached hydrogen (secondary N) is 1. The Hall–Kier alpha value is -3.33. The van der Waals surface area contributed by atoms with E-state index in [1.165, 1.54) is 0 Å². The predicted octanol–water partition coefficient (Wildman–Crippen LogP) is 6.50. The summed E-state index contributed by atoms with van der Waals surface area (Å²) in [4.78, 5) is 18.9. The molecular weight excluding hydrogens is 460 g/mol. The first-order valence-electron chi connectivity index (χ1n) is 13.5. The number of anilines is 2. The molecule has 1 N–H and O–H groups in total. The number of nitrogens with zero attached hydrogens (tertiary/aromatic N) is 3. The third-order valence-electron chi connectivity index (χ3n) is 7.09. The molecule has 1 amide bonds. The van der Waals surface area contributed by atoms with E-state index in [-0.39, 0.29) is 12.1 Å². The molecule has 2 fully saturated rings. The first kappa shape index (κ1) is 26.7. The maximum absolute atomic E-state index is 12.5. The van der Waals surface area contributed by atoms with Crippen LogP contribution >= 0.6 is 0 Å². The number of unbranched alkanes of at least 4 members (excludes halogenated alkanes) is 3. The van der Waals surface area contributed by atoms with Crippen LogP contribution in [0.5, 0.6) is 0 Å². The number of amides is 1. The van der Waals surface area contributed by atoms with Crippen LogP contribution in [-0.2, 0) is 4.74 Å². The smallest absolute Gasteiger partial charge is 0.410 e. The molecule has 0 spiro atoms. The molecule has 1 unspecified atom stereocenters. The summed E-state index contributed by atoms with van der Waals surface area (Å²) in [6.07, 6.45) is 7.74. The number of benzene rings is 1. The van der Waals surface area contributed by atoms with E-state index >= 15 is 0 Å². The van der Waals surface area contributed by atoms with Crippen molar-refractivity contribution in [2.24, 2.45) is 0 Å². The molecule has 1 atom stereocenters. The minimum atomic E-state index is -0.453. The Labute approximate surface area is 223 Å². The van der Waals surface area contributed by atoms with Crippen molar-refractivity contribution in [1.29, 1.82) is 0 Å². The maximum atomic E-state index is 12.5. The molecule has 37 heavy (non-hydrogen) atoms. The highest BCUT2D eigenvalue weighted by Crippen LogP contribution is 2.45. The Balaban J connectivity index is 1.32. The molecule has 1 aliphatic carbocycles. The van der Waals surface area contributed by atoms with Crippen molar-refractivity contribution in [3.63, 3.8) is 0 Å². The molecule has 0 bridgehead atoms. The molecule has 0 radical (unpaired) electrons. The third-order valence-corrected chi connectivity index (χ3v) is 7.09. The van der Waals surface area contributed by atoms with Crippen LogP contribution in [0.2, 0.25) is 0 Å². The Morgan fingerprint density at radius 3 is 2.59 bits per heavy atom. The Morgan fingerprint density at radius 1 is 1.16 bits per heavy atom. The summed E-state index contributed by atoms with van der Waals surface area (Å²) in [5.74, 6) is 7.73. The van der Waals surface area contributed by atoms with Crippen LogP contribution in [0.25, 0.3) is 0 Å². The first-order valence-corrected chi connectivity index (χ1v) is 13.5. The fourth-order valence-electron chi connectivity index (χ4n) is 5.06. The zero-order chi connectivity index (χ0) is 26.7. The van der Waals surface area contributed by atoms with Crippen LogP contribution in [0.1, 0.15) is 77.7 Å².